The molecule has 2 aliphatic rings. The zero-order valence-corrected chi connectivity index (χ0v) is 8.12. The van der Waals surface area contributed by atoms with Crippen molar-refractivity contribution in [3.8, 4) is 0 Å². The Kier molecular flexibility index (Phi) is 2.06. The van der Waals surface area contributed by atoms with Gasteiger partial charge < -0.3 is 10.0 Å². The van der Waals surface area contributed by atoms with Gasteiger partial charge in [-0.05, 0) is 31.6 Å². The molecule has 1 spiro atoms. The quantitative estimate of drug-likeness (QED) is 0.652. The Bertz CT molecular complexity index is 221. The molecule has 1 aliphatic heterocycles. The van der Waals surface area contributed by atoms with Gasteiger partial charge in [-0.25, -0.2) is 0 Å². The Balaban J connectivity index is 1.94. The normalized spacial score (nSPS) is 27.4. The number of carbonyl (C=O) groups is 1. The van der Waals surface area contributed by atoms with E-state index in [4.69, 9.17) is 5.11 Å². The summed E-state index contributed by atoms with van der Waals surface area (Å²) in [5.74, 6) is -0.0937. The number of carbonyl (C=O) groups excluding carboxylic acids is 1. The van der Waals surface area contributed by atoms with Crippen LogP contribution in [0.1, 0.15) is 32.6 Å². The molecular formula is C10H17NO2. The predicted molar refractivity (Wildman–Crippen MR) is 49.2 cm³/mol. The first kappa shape index (κ1) is 9.00. The smallest absolute Gasteiger partial charge is 0.251 e. The third kappa shape index (κ3) is 1.46. The highest BCUT2D eigenvalue weighted by atomic mass is 16.3. The van der Waals surface area contributed by atoms with E-state index >= 15 is 0 Å². The van der Waals surface area contributed by atoms with Crippen molar-refractivity contribution in [3.05, 3.63) is 0 Å². The Hall–Kier alpha value is -0.570. The summed E-state index contributed by atoms with van der Waals surface area (Å²) in [5, 5.41) is 9.15. The summed E-state index contributed by atoms with van der Waals surface area (Å²) in [6.07, 6.45) is 4.19. The number of nitrogens with zero attached hydrogens (tertiary/aromatic N) is 1. The van der Waals surface area contributed by atoms with E-state index in [-0.39, 0.29) is 5.91 Å². The molecule has 0 unspecified atom stereocenters. The van der Waals surface area contributed by atoms with E-state index in [1.54, 1.807) is 6.92 Å². The van der Waals surface area contributed by atoms with Gasteiger partial charge >= 0.3 is 0 Å². The molecule has 0 bridgehead atoms. The van der Waals surface area contributed by atoms with Gasteiger partial charge in [-0.1, -0.05) is 6.42 Å². The van der Waals surface area contributed by atoms with E-state index in [0.717, 1.165) is 19.5 Å². The Morgan fingerprint density at radius 2 is 2.15 bits per heavy atom. The largest absolute Gasteiger partial charge is 0.384 e. The average Bonchev–Trinajstić information content (AvgIpc) is 2.45. The van der Waals surface area contributed by atoms with E-state index < -0.39 is 6.10 Å². The van der Waals surface area contributed by atoms with Crippen LogP contribution in [-0.4, -0.2) is 35.1 Å². The van der Waals surface area contributed by atoms with Crippen LogP contribution in [0.15, 0.2) is 0 Å². The van der Waals surface area contributed by atoms with Gasteiger partial charge in [-0.2, -0.15) is 0 Å². The molecule has 3 nitrogen and oxygen atoms in total. The minimum absolute atomic E-state index is 0.0937. The van der Waals surface area contributed by atoms with Crippen molar-refractivity contribution in [2.24, 2.45) is 5.41 Å². The lowest BCUT2D eigenvalue weighted by Crippen LogP contribution is -2.39. The highest BCUT2D eigenvalue weighted by Gasteiger charge is 2.44. The summed E-state index contributed by atoms with van der Waals surface area (Å²) in [6.45, 7) is 3.29. The number of rotatable bonds is 1. The Labute approximate surface area is 78.7 Å². The van der Waals surface area contributed by atoms with Gasteiger partial charge in [-0.3, -0.25) is 4.79 Å². The third-order valence-corrected chi connectivity index (χ3v) is 3.52. The fourth-order valence-corrected chi connectivity index (χ4v) is 2.47. The van der Waals surface area contributed by atoms with E-state index in [9.17, 15) is 4.79 Å². The van der Waals surface area contributed by atoms with Crippen LogP contribution in [0.5, 0.6) is 0 Å². The molecule has 0 aromatic heterocycles. The minimum Gasteiger partial charge on any atom is -0.384 e. The van der Waals surface area contributed by atoms with Gasteiger partial charge in [0.25, 0.3) is 5.91 Å². The van der Waals surface area contributed by atoms with Crippen molar-refractivity contribution in [3.63, 3.8) is 0 Å². The summed E-state index contributed by atoms with van der Waals surface area (Å²) < 4.78 is 0. The number of hydrogen-bond donors (Lipinski definition) is 1. The summed E-state index contributed by atoms with van der Waals surface area (Å²) >= 11 is 0. The second-order valence-electron chi connectivity index (χ2n) is 4.54. The number of aliphatic hydroxyl groups excluding tert-OH is 1. The van der Waals surface area contributed by atoms with Crippen LogP contribution in [-0.2, 0) is 4.79 Å². The van der Waals surface area contributed by atoms with E-state index in [1.165, 1.54) is 19.3 Å². The van der Waals surface area contributed by atoms with Crippen LogP contribution in [0, 0.1) is 5.41 Å². The van der Waals surface area contributed by atoms with Gasteiger partial charge in [-0.15, -0.1) is 0 Å². The van der Waals surface area contributed by atoms with Crippen molar-refractivity contribution in [1.29, 1.82) is 0 Å². The molecule has 74 valence electrons. The molecule has 1 N–H and O–H groups in total. The van der Waals surface area contributed by atoms with Gasteiger partial charge in [0.2, 0.25) is 0 Å². The van der Waals surface area contributed by atoms with E-state index in [0.29, 0.717) is 5.41 Å². The van der Waals surface area contributed by atoms with Crippen molar-refractivity contribution >= 4 is 5.91 Å². The lowest BCUT2D eigenvalue weighted by atomic mass is 9.68. The maximum atomic E-state index is 11.4. The van der Waals surface area contributed by atoms with Crippen LogP contribution in [0.25, 0.3) is 0 Å². The standard InChI is InChI=1S/C10H17NO2/c1-8(12)9(13)11-6-5-10(7-11)3-2-4-10/h8,12H,2-7H2,1H3/t8-/m1/s1. The molecule has 13 heavy (non-hydrogen) atoms. The fraction of sp³-hybridized carbons (Fsp3) is 0.900. The van der Waals surface area contributed by atoms with Crippen LogP contribution < -0.4 is 0 Å². The number of amides is 1. The molecule has 2 fully saturated rings. The Morgan fingerprint density at radius 1 is 1.46 bits per heavy atom. The van der Waals surface area contributed by atoms with E-state index in [1.807, 2.05) is 4.90 Å². The molecule has 1 atom stereocenters. The summed E-state index contributed by atoms with van der Waals surface area (Å²) in [6, 6.07) is 0. The van der Waals surface area contributed by atoms with E-state index in [2.05, 4.69) is 0 Å². The van der Waals surface area contributed by atoms with Gasteiger partial charge in [0, 0.05) is 13.1 Å². The molecule has 2 rings (SSSR count). The summed E-state index contributed by atoms with van der Waals surface area (Å²) in [4.78, 5) is 13.3. The second kappa shape index (κ2) is 2.98. The molecule has 1 saturated carbocycles. The van der Waals surface area contributed by atoms with Crippen LogP contribution in [0.4, 0.5) is 0 Å². The highest BCUT2D eigenvalue weighted by Crippen LogP contribution is 2.47. The first-order valence-electron chi connectivity index (χ1n) is 5.10. The Morgan fingerprint density at radius 3 is 2.54 bits per heavy atom. The number of likely N-dealkylation sites (tertiary alicyclic amines) is 1. The van der Waals surface area contributed by atoms with Gasteiger partial charge in [0.15, 0.2) is 0 Å². The van der Waals surface area contributed by atoms with Crippen molar-refractivity contribution in [2.45, 2.75) is 38.7 Å². The number of aliphatic hydroxyl groups is 1. The molecule has 0 radical (unpaired) electrons. The van der Waals surface area contributed by atoms with Crippen molar-refractivity contribution < 1.29 is 9.90 Å². The second-order valence-corrected chi connectivity index (χ2v) is 4.54. The van der Waals surface area contributed by atoms with Gasteiger partial charge in [0.05, 0.1) is 0 Å². The minimum atomic E-state index is -0.824. The van der Waals surface area contributed by atoms with Crippen LogP contribution in [0.2, 0.25) is 0 Å². The average molecular weight is 183 g/mol. The zero-order chi connectivity index (χ0) is 9.47. The molecule has 1 amide bonds. The molecule has 1 heterocycles. The third-order valence-electron chi connectivity index (χ3n) is 3.52. The SMILES string of the molecule is C[C@@H](O)C(=O)N1CCC2(CCC2)C1. The van der Waals surface area contributed by atoms with Gasteiger partial charge in [0.1, 0.15) is 6.10 Å². The molecule has 1 saturated heterocycles. The summed E-state index contributed by atoms with van der Waals surface area (Å²) in [7, 11) is 0. The maximum Gasteiger partial charge on any atom is 0.251 e. The zero-order valence-electron chi connectivity index (χ0n) is 8.12. The fourth-order valence-electron chi connectivity index (χ4n) is 2.47. The molecule has 1 aliphatic carbocycles. The molecule has 0 aromatic carbocycles. The predicted octanol–water partition coefficient (Wildman–Crippen LogP) is 0.770. The monoisotopic (exact) mass is 183 g/mol. The topological polar surface area (TPSA) is 40.5 Å². The van der Waals surface area contributed by atoms with Crippen molar-refractivity contribution in [1.82, 2.24) is 4.90 Å². The van der Waals surface area contributed by atoms with Crippen LogP contribution in [0.3, 0.4) is 0 Å². The highest BCUT2D eigenvalue weighted by molar-refractivity contribution is 5.80. The van der Waals surface area contributed by atoms with Crippen LogP contribution >= 0.6 is 0 Å². The molecular weight excluding hydrogens is 166 g/mol. The van der Waals surface area contributed by atoms with Crippen molar-refractivity contribution in [2.75, 3.05) is 13.1 Å². The molecule has 0 aromatic rings. The lowest BCUT2D eigenvalue weighted by molar-refractivity contribution is -0.138. The first-order chi connectivity index (χ1) is 6.13. The summed E-state index contributed by atoms with van der Waals surface area (Å²) in [5.41, 5.74) is 0.449. The number of hydrogen-bond acceptors (Lipinski definition) is 2. The maximum absolute atomic E-state index is 11.4. The first-order valence-corrected chi connectivity index (χ1v) is 5.10. The lowest BCUT2D eigenvalue weighted by Gasteiger charge is -2.38. The molecule has 3 heteroatoms.